The maximum atomic E-state index is 8.84. The lowest BCUT2D eigenvalue weighted by Gasteiger charge is -2.25. The van der Waals surface area contributed by atoms with Gasteiger partial charge in [0.05, 0.1) is 19.2 Å². The normalized spacial score (nSPS) is 16.9. The molecule has 3 heteroatoms. The number of hydrogen-bond acceptors (Lipinski definition) is 3. The van der Waals surface area contributed by atoms with Crippen LogP contribution in [0.15, 0.2) is 0 Å². The van der Waals surface area contributed by atoms with Gasteiger partial charge in [-0.2, -0.15) is 5.26 Å². The summed E-state index contributed by atoms with van der Waals surface area (Å²) in [4.78, 5) is 2.29. The van der Waals surface area contributed by atoms with Gasteiger partial charge in [-0.1, -0.05) is 26.7 Å². The Morgan fingerprint density at radius 2 is 2.00 bits per heavy atom. The van der Waals surface area contributed by atoms with E-state index in [0.717, 1.165) is 26.2 Å². The van der Waals surface area contributed by atoms with Gasteiger partial charge in [-0.05, 0) is 25.2 Å². The Balaban J connectivity index is 2.14. The molecule has 0 aliphatic heterocycles. The minimum atomic E-state index is 0.554. The van der Waals surface area contributed by atoms with Crippen LogP contribution in [0.4, 0.5) is 0 Å². The van der Waals surface area contributed by atoms with E-state index in [1.807, 2.05) is 0 Å². The van der Waals surface area contributed by atoms with Crippen LogP contribution in [0, 0.1) is 17.2 Å². The largest absolute Gasteiger partial charge is 0.380 e. The van der Waals surface area contributed by atoms with Gasteiger partial charge in [-0.3, -0.25) is 4.90 Å². The first-order chi connectivity index (χ1) is 8.24. The Bertz CT molecular complexity index is 229. The zero-order chi connectivity index (χ0) is 12.5. The Hall–Kier alpha value is -0.590. The molecule has 0 unspecified atom stereocenters. The van der Waals surface area contributed by atoms with Gasteiger partial charge in [0.25, 0.3) is 0 Å². The van der Waals surface area contributed by atoms with Crippen molar-refractivity contribution in [2.45, 2.75) is 52.0 Å². The van der Waals surface area contributed by atoms with Crippen LogP contribution in [0.25, 0.3) is 0 Å². The highest BCUT2D eigenvalue weighted by Crippen LogP contribution is 2.22. The summed E-state index contributed by atoms with van der Waals surface area (Å²) < 4.78 is 5.63. The quantitative estimate of drug-likeness (QED) is 0.482. The lowest BCUT2D eigenvalue weighted by molar-refractivity contribution is 0.0869. The van der Waals surface area contributed by atoms with Crippen molar-refractivity contribution in [1.29, 1.82) is 5.26 Å². The zero-order valence-electron chi connectivity index (χ0n) is 11.3. The van der Waals surface area contributed by atoms with E-state index in [2.05, 4.69) is 24.8 Å². The van der Waals surface area contributed by atoms with E-state index in [1.54, 1.807) is 0 Å². The highest BCUT2D eigenvalue weighted by molar-refractivity contribution is 4.84. The van der Waals surface area contributed by atoms with Gasteiger partial charge < -0.3 is 4.74 Å². The lowest BCUT2D eigenvalue weighted by Crippen LogP contribution is -2.36. The van der Waals surface area contributed by atoms with Gasteiger partial charge >= 0.3 is 0 Å². The number of nitrogens with zero attached hydrogens (tertiary/aromatic N) is 2. The van der Waals surface area contributed by atoms with Gasteiger partial charge in [0, 0.05) is 19.2 Å². The first kappa shape index (κ1) is 14.5. The molecule has 0 spiro atoms. The van der Waals surface area contributed by atoms with Gasteiger partial charge in [-0.25, -0.2) is 0 Å². The van der Waals surface area contributed by atoms with Crippen molar-refractivity contribution in [1.82, 2.24) is 4.90 Å². The molecule has 1 saturated carbocycles. The molecule has 0 radical (unpaired) electrons. The highest BCUT2D eigenvalue weighted by atomic mass is 16.5. The zero-order valence-corrected chi connectivity index (χ0v) is 11.3. The van der Waals surface area contributed by atoms with E-state index < -0.39 is 0 Å². The van der Waals surface area contributed by atoms with Crippen molar-refractivity contribution in [3.63, 3.8) is 0 Å². The molecule has 0 aromatic rings. The standard InChI is InChI=1S/C14H26N2O/c1-13(2)7-11-17-12-10-16(9-8-15)14-5-3-4-6-14/h13-14H,3-7,9-12H2,1-2H3. The fourth-order valence-corrected chi connectivity index (χ4v) is 2.35. The van der Waals surface area contributed by atoms with Crippen LogP contribution >= 0.6 is 0 Å². The van der Waals surface area contributed by atoms with Crippen molar-refractivity contribution in [3.05, 3.63) is 0 Å². The molecule has 3 nitrogen and oxygen atoms in total. The maximum Gasteiger partial charge on any atom is 0.0869 e. The average molecular weight is 238 g/mol. The summed E-state index contributed by atoms with van der Waals surface area (Å²) >= 11 is 0. The van der Waals surface area contributed by atoms with Crippen LogP contribution < -0.4 is 0 Å². The summed E-state index contributed by atoms with van der Waals surface area (Å²) in [6, 6.07) is 2.90. The van der Waals surface area contributed by atoms with Gasteiger partial charge in [0.15, 0.2) is 0 Å². The third kappa shape index (κ3) is 6.05. The second-order valence-corrected chi connectivity index (χ2v) is 5.36. The first-order valence-electron chi connectivity index (χ1n) is 6.92. The van der Waals surface area contributed by atoms with Crippen LogP contribution in [-0.4, -0.2) is 37.2 Å². The second kappa shape index (κ2) is 8.49. The third-order valence-corrected chi connectivity index (χ3v) is 3.48. The number of nitriles is 1. The average Bonchev–Trinajstić information content (AvgIpc) is 2.80. The predicted octanol–water partition coefficient (Wildman–Crippen LogP) is 2.82. The molecule has 1 fully saturated rings. The minimum Gasteiger partial charge on any atom is -0.380 e. The van der Waals surface area contributed by atoms with E-state index in [-0.39, 0.29) is 0 Å². The maximum absolute atomic E-state index is 8.84. The van der Waals surface area contributed by atoms with Gasteiger partial charge in [0.1, 0.15) is 0 Å². The van der Waals surface area contributed by atoms with E-state index >= 15 is 0 Å². The smallest absolute Gasteiger partial charge is 0.0869 e. The Morgan fingerprint density at radius 3 is 2.59 bits per heavy atom. The molecular formula is C14H26N2O. The van der Waals surface area contributed by atoms with E-state index in [1.165, 1.54) is 25.7 Å². The molecule has 0 aromatic carbocycles. The molecule has 0 saturated heterocycles. The first-order valence-corrected chi connectivity index (χ1v) is 6.92. The SMILES string of the molecule is CC(C)CCOCCN(CC#N)C1CCCC1. The molecule has 98 valence electrons. The summed E-state index contributed by atoms with van der Waals surface area (Å²) in [6.45, 7) is 7.51. The Kier molecular flexibility index (Phi) is 7.23. The Morgan fingerprint density at radius 1 is 1.29 bits per heavy atom. The molecule has 17 heavy (non-hydrogen) atoms. The summed E-state index contributed by atoms with van der Waals surface area (Å²) in [7, 11) is 0. The van der Waals surface area contributed by atoms with E-state index in [9.17, 15) is 0 Å². The van der Waals surface area contributed by atoms with Crippen molar-refractivity contribution < 1.29 is 4.74 Å². The fourth-order valence-electron chi connectivity index (χ4n) is 2.35. The fraction of sp³-hybridized carbons (Fsp3) is 0.929. The summed E-state index contributed by atoms with van der Waals surface area (Å²) in [5, 5.41) is 8.84. The monoisotopic (exact) mass is 238 g/mol. The van der Waals surface area contributed by atoms with Crippen molar-refractivity contribution >= 4 is 0 Å². The number of rotatable bonds is 8. The van der Waals surface area contributed by atoms with Crippen LogP contribution in [0.3, 0.4) is 0 Å². The predicted molar refractivity (Wildman–Crippen MR) is 69.7 cm³/mol. The topological polar surface area (TPSA) is 36.3 Å². The van der Waals surface area contributed by atoms with Crippen molar-refractivity contribution in [2.24, 2.45) is 5.92 Å². The van der Waals surface area contributed by atoms with Crippen molar-refractivity contribution in [3.8, 4) is 6.07 Å². The molecule has 0 amide bonds. The molecule has 0 bridgehead atoms. The molecular weight excluding hydrogens is 212 g/mol. The van der Waals surface area contributed by atoms with Crippen LogP contribution in [0.2, 0.25) is 0 Å². The highest BCUT2D eigenvalue weighted by Gasteiger charge is 2.21. The van der Waals surface area contributed by atoms with Crippen LogP contribution in [0.1, 0.15) is 46.0 Å². The van der Waals surface area contributed by atoms with Crippen molar-refractivity contribution in [2.75, 3.05) is 26.3 Å². The molecule has 0 atom stereocenters. The van der Waals surface area contributed by atoms with Gasteiger partial charge in [0.2, 0.25) is 0 Å². The Labute approximate surface area is 106 Å². The molecule has 1 aliphatic carbocycles. The van der Waals surface area contributed by atoms with Gasteiger partial charge in [-0.15, -0.1) is 0 Å². The van der Waals surface area contributed by atoms with Crippen LogP contribution in [0.5, 0.6) is 0 Å². The van der Waals surface area contributed by atoms with E-state index in [0.29, 0.717) is 18.5 Å². The lowest BCUT2D eigenvalue weighted by atomic mass is 10.1. The molecule has 1 aliphatic rings. The number of hydrogen-bond donors (Lipinski definition) is 0. The molecule has 0 heterocycles. The second-order valence-electron chi connectivity index (χ2n) is 5.36. The molecule has 1 rings (SSSR count). The summed E-state index contributed by atoms with van der Waals surface area (Å²) in [6.07, 6.45) is 6.28. The molecule has 0 N–H and O–H groups in total. The van der Waals surface area contributed by atoms with Crippen LogP contribution in [-0.2, 0) is 4.74 Å². The summed E-state index contributed by atoms with van der Waals surface area (Å²) in [5.74, 6) is 0.708. The van der Waals surface area contributed by atoms with E-state index in [4.69, 9.17) is 10.00 Å². The third-order valence-electron chi connectivity index (χ3n) is 3.48. The number of ether oxygens (including phenoxy) is 1. The summed E-state index contributed by atoms with van der Waals surface area (Å²) in [5.41, 5.74) is 0. The molecule has 0 aromatic heterocycles. The minimum absolute atomic E-state index is 0.554.